The van der Waals surface area contributed by atoms with E-state index in [4.69, 9.17) is 35.5 Å². The number of benzene rings is 2. The van der Waals surface area contributed by atoms with Gasteiger partial charge < -0.3 is 23.5 Å². The molecule has 0 aliphatic carbocycles. The summed E-state index contributed by atoms with van der Waals surface area (Å²) >= 11 is 7.36. The highest BCUT2D eigenvalue weighted by Gasteiger charge is 2.43. The van der Waals surface area contributed by atoms with E-state index in [1.807, 2.05) is 25.1 Å². The van der Waals surface area contributed by atoms with Crippen molar-refractivity contribution < 1.29 is 28.1 Å². The van der Waals surface area contributed by atoms with E-state index in [0.29, 0.717) is 33.6 Å². The molecule has 226 valence electrons. The molecule has 0 bridgehead atoms. The molecule has 11 heteroatoms. The molecule has 4 aromatic rings. The van der Waals surface area contributed by atoms with Crippen LogP contribution in [0.4, 0.5) is 4.39 Å². The smallest absolute Gasteiger partial charge is 0.348 e. The van der Waals surface area contributed by atoms with Crippen LogP contribution in [-0.4, -0.2) is 52.8 Å². The van der Waals surface area contributed by atoms with E-state index >= 15 is 0 Å². The standard InChI is InChI=1S/C32H33ClFN3O5S/c1-3-39-31(38)27-16-25-30(43-27)35-28(37(25)17-21-11-14-40-21)18-36-12-9-19(10-13-36)22-5-4-6-26-29(22)42-32(2,41-26)23-8-7-20(33)15-24(23)34/h4-8,15-16,19,21H,3,9-14,17-18H2,1-2H3/t21-,32+/m0/s1. The first-order chi connectivity index (χ1) is 20.8. The van der Waals surface area contributed by atoms with E-state index in [2.05, 4.69) is 15.5 Å². The van der Waals surface area contributed by atoms with Crippen LogP contribution in [0.15, 0.2) is 42.5 Å². The lowest BCUT2D eigenvalue weighted by molar-refractivity contribution is -0.0712. The van der Waals surface area contributed by atoms with Crippen molar-refractivity contribution >= 4 is 39.3 Å². The van der Waals surface area contributed by atoms with Gasteiger partial charge in [0.15, 0.2) is 11.5 Å². The Balaban J connectivity index is 1.06. The molecule has 5 heterocycles. The number of esters is 1. The Morgan fingerprint density at radius 1 is 1.19 bits per heavy atom. The Labute approximate surface area is 258 Å². The molecule has 3 aliphatic rings. The Morgan fingerprint density at radius 2 is 2.00 bits per heavy atom. The number of piperidine rings is 1. The quantitative estimate of drug-likeness (QED) is 0.198. The highest BCUT2D eigenvalue weighted by atomic mass is 35.5. The first-order valence-corrected chi connectivity index (χ1v) is 16.0. The van der Waals surface area contributed by atoms with Gasteiger partial charge in [-0.1, -0.05) is 23.7 Å². The molecule has 0 N–H and O–H groups in total. The zero-order valence-electron chi connectivity index (χ0n) is 24.1. The summed E-state index contributed by atoms with van der Waals surface area (Å²) in [4.78, 5) is 21.2. The summed E-state index contributed by atoms with van der Waals surface area (Å²) < 4.78 is 40.5. The second kappa shape index (κ2) is 11.4. The maximum atomic E-state index is 14.8. The van der Waals surface area contributed by atoms with Crippen LogP contribution in [0.3, 0.4) is 0 Å². The highest BCUT2D eigenvalue weighted by molar-refractivity contribution is 7.20. The molecule has 2 atom stereocenters. The minimum absolute atomic E-state index is 0.169. The van der Waals surface area contributed by atoms with Crippen molar-refractivity contribution in [1.29, 1.82) is 0 Å². The number of halogens is 2. The van der Waals surface area contributed by atoms with Crippen molar-refractivity contribution in [3.05, 3.63) is 75.1 Å². The van der Waals surface area contributed by atoms with Crippen LogP contribution in [0.2, 0.25) is 5.02 Å². The van der Waals surface area contributed by atoms with Crippen molar-refractivity contribution in [2.75, 3.05) is 26.3 Å². The lowest BCUT2D eigenvalue weighted by Crippen LogP contribution is -2.35. The summed E-state index contributed by atoms with van der Waals surface area (Å²) in [7, 11) is 0. The van der Waals surface area contributed by atoms with Gasteiger partial charge in [0.1, 0.15) is 21.3 Å². The van der Waals surface area contributed by atoms with E-state index in [9.17, 15) is 9.18 Å². The number of para-hydroxylation sites is 1. The second-order valence-corrected chi connectivity index (χ2v) is 12.9. The predicted molar refractivity (Wildman–Crippen MR) is 162 cm³/mol. The number of carbonyl (C=O) groups excluding carboxylic acids is 1. The number of thiophene rings is 1. The van der Waals surface area contributed by atoms with Crippen molar-refractivity contribution in [3.63, 3.8) is 0 Å². The molecule has 0 radical (unpaired) electrons. The van der Waals surface area contributed by atoms with Gasteiger partial charge in [-0.05, 0) is 75.5 Å². The topological polar surface area (TPSA) is 75.0 Å². The van der Waals surface area contributed by atoms with Crippen LogP contribution in [-0.2, 0) is 28.4 Å². The first-order valence-electron chi connectivity index (χ1n) is 14.8. The van der Waals surface area contributed by atoms with Gasteiger partial charge in [0.25, 0.3) is 5.79 Å². The van der Waals surface area contributed by atoms with E-state index in [1.165, 1.54) is 17.4 Å². The molecule has 2 aromatic heterocycles. The van der Waals surface area contributed by atoms with Gasteiger partial charge in [-0.15, -0.1) is 11.3 Å². The summed E-state index contributed by atoms with van der Waals surface area (Å²) in [5, 5.41) is 0.327. The van der Waals surface area contributed by atoms with Gasteiger partial charge in [0.05, 0.1) is 36.9 Å². The molecule has 43 heavy (non-hydrogen) atoms. The first kappa shape index (κ1) is 28.6. The van der Waals surface area contributed by atoms with E-state index in [1.54, 1.807) is 19.1 Å². The minimum atomic E-state index is -1.27. The van der Waals surface area contributed by atoms with Crippen molar-refractivity contribution in [1.82, 2.24) is 14.5 Å². The SMILES string of the molecule is CCOC(=O)c1cc2c(nc(CN3CCC(c4cccc5c4O[C@](C)(c4ccc(Cl)cc4F)O5)CC3)n2C[C@@H]2CCO2)s1. The molecule has 8 nitrogen and oxygen atoms in total. The summed E-state index contributed by atoms with van der Waals surface area (Å²) in [6.07, 6.45) is 3.08. The van der Waals surface area contributed by atoms with Crippen molar-refractivity contribution in [3.8, 4) is 11.5 Å². The summed E-state index contributed by atoms with van der Waals surface area (Å²) in [6.45, 7) is 7.91. The molecule has 7 rings (SSSR count). The third-order valence-corrected chi connectivity index (χ3v) is 9.84. The molecule has 2 fully saturated rings. The molecular weight excluding hydrogens is 593 g/mol. The fraction of sp³-hybridized carbons (Fsp3) is 0.438. The third-order valence-electron chi connectivity index (χ3n) is 8.61. The summed E-state index contributed by atoms with van der Waals surface area (Å²) in [5.41, 5.74) is 2.36. The van der Waals surface area contributed by atoms with E-state index < -0.39 is 11.6 Å². The average molecular weight is 626 g/mol. The fourth-order valence-electron chi connectivity index (χ4n) is 6.26. The highest BCUT2D eigenvalue weighted by Crippen LogP contribution is 2.50. The number of imidazole rings is 1. The fourth-order valence-corrected chi connectivity index (χ4v) is 7.36. The number of aromatic nitrogens is 2. The molecule has 2 aromatic carbocycles. The molecule has 0 saturated carbocycles. The molecule has 0 unspecified atom stereocenters. The lowest BCUT2D eigenvalue weighted by atomic mass is 9.88. The van der Waals surface area contributed by atoms with Crippen LogP contribution < -0.4 is 9.47 Å². The maximum absolute atomic E-state index is 14.8. The van der Waals surface area contributed by atoms with Gasteiger partial charge in [-0.25, -0.2) is 14.2 Å². The van der Waals surface area contributed by atoms with E-state index in [-0.39, 0.29) is 18.0 Å². The minimum Gasteiger partial charge on any atom is -0.462 e. The van der Waals surface area contributed by atoms with Gasteiger partial charge >= 0.3 is 5.97 Å². The van der Waals surface area contributed by atoms with Gasteiger partial charge in [0, 0.05) is 24.1 Å². The van der Waals surface area contributed by atoms with Crippen molar-refractivity contribution in [2.45, 2.75) is 64.0 Å². The number of ether oxygens (including phenoxy) is 4. The van der Waals surface area contributed by atoms with E-state index in [0.717, 1.165) is 73.8 Å². The molecule has 0 amide bonds. The molecule has 0 spiro atoms. The zero-order chi connectivity index (χ0) is 29.7. The van der Waals surface area contributed by atoms with Crippen LogP contribution in [0.5, 0.6) is 11.5 Å². The van der Waals surface area contributed by atoms with Crippen LogP contribution in [0.1, 0.15) is 65.7 Å². The van der Waals surface area contributed by atoms with Gasteiger partial charge in [0.2, 0.25) is 0 Å². The number of hydrogen-bond donors (Lipinski definition) is 0. The second-order valence-electron chi connectivity index (χ2n) is 11.4. The number of hydrogen-bond acceptors (Lipinski definition) is 8. The number of fused-ring (bicyclic) bond motifs is 2. The lowest BCUT2D eigenvalue weighted by Gasteiger charge is -2.33. The number of carbonyl (C=O) groups is 1. The number of likely N-dealkylation sites (tertiary alicyclic amines) is 1. The monoisotopic (exact) mass is 625 g/mol. The number of rotatable bonds is 8. The Bertz CT molecular complexity index is 1680. The molecule has 3 aliphatic heterocycles. The Kier molecular flexibility index (Phi) is 7.57. The third kappa shape index (κ3) is 5.39. The zero-order valence-corrected chi connectivity index (χ0v) is 25.7. The summed E-state index contributed by atoms with van der Waals surface area (Å²) in [6, 6.07) is 12.4. The van der Waals surface area contributed by atoms with Crippen LogP contribution >= 0.6 is 22.9 Å². The Hall–Kier alpha value is -3.18. The van der Waals surface area contributed by atoms with Crippen molar-refractivity contribution in [2.24, 2.45) is 0 Å². The van der Waals surface area contributed by atoms with Crippen LogP contribution in [0, 0.1) is 5.82 Å². The predicted octanol–water partition coefficient (Wildman–Crippen LogP) is 6.88. The molecular formula is C32H33ClFN3O5S. The average Bonchev–Trinajstić information content (AvgIpc) is 3.62. The summed E-state index contributed by atoms with van der Waals surface area (Å²) in [5.74, 6) is 0.549. The number of nitrogens with zero attached hydrogens (tertiary/aromatic N) is 3. The largest absolute Gasteiger partial charge is 0.462 e. The molecule has 2 saturated heterocycles. The van der Waals surface area contributed by atoms with Crippen LogP contribution in [0.25, 0.3) is 10.3 Å². The van der Waals surface area contributed by atoms with Gasteiger partial charge in [-0.2, -0.15) is 0 Å². The normalized spacial score (nSPS) is 22.2. The maximum Gasteiger partial charge on any atom is 0.348 e. The Morgan fingerprint density at radius 3 is 2.72 bits per heavy atom. The van der Waals surface area contributed by atoms with Gasteiger partial charge in [-0.3, -0.25) is 4.90 Å².